The molecule has 1 heterocycles. The summed E-state index contributed by atoms with van der Waals surface area (Å²) in [6.07, 6.45) is 0.944. The van der Waals surface area contributed by atoms with E-state index in [1.165, 1.54) is 24.9 Å². The van der Waals surface area contributed by atoms with Gasteiger partial charge in [-0.3, -0.25) is 10.1 Å². The Hall–Kier alpha value is -3.09. The lowest BCUT2D eigenvalue weighted by Crippen LogP contribution is -2.26. The summed E-state index contributed by atoms with van der Waals surface area (Å²) < 4.78 is 4.65. The molecule has 1 N–H and O–H groups in total. The van der Waals surface area contributed by atoms with Crippen LogP contribution < -0.4 is 10.2 Å². The second-order valence-corrected chi connectivity index (χ2v) is 5.89. The van der Waals surface area contributed by atoms with Gasteiger partial charge in [0.05, 0.1) is 12.0 Å². The van der Waals surface area contributed by atoms with Crippen LogP contribution in [0.5, 0.6) is 0 Å². The SMILES string of the molecule is COC(=O)c1cc(NC2CCN(c3ccccc3)C2)ccc1[N+](=O)[O-]. The Morgan fingerprint density at radius 3 is 2.72 bits per heavy atom. The number of nitrogens with one attached hydrogen (secondary N) is 1. The van der Waals surface area contributed by atoms with Gasteiger partial charge in [-0.2, -0.15) is 0 Å². The molecule has 0 aromatic heterocycles. The standard InChI is InChI=1S/C18H19N3O4/c1-25-18(22)16-11-13(7-8-17(16)21(23)24)19-14-9-10-20(12-14)15-5-3-2-4-6-15/h2-8,11,14,19H,9-10,12H2,1H3. The normalized spacial score (nSPS) is 16.5. The summed E-state index contributed by atoms with van der Waals surface area (Å²) in [6, 6.07) is 14.8. The first kappa shape index (κ1) is 16.8. The van der Waals surface area contributed by atoms with E-state index in [0.717, 1.165) is 19.5 Å². The van der Waals surface area contributed by atoms with E-state index in [1.54, 1.807) is 6.07 Å². The van der Waals surface area contributed by atoms with E-state index in [0.29, 0.717) is 5.69 Å². The minimum absolute atomic E-state index is 0.0459. The third-order valence-corrected chi connectivity index (χ3v) is 4.28. The topological polar surface area (TPSA) is 84.7 Å². The number of carbonyl (C=O) groups is 1. The van der Waals surface area contributed by atoms with Crippen molar-refractivity contribution in [3.63, 3.8) is 0 Å². The maximum Gasteiger partial charge on any atom is 0.344 e. The van der Waals surface area contributed by atoms with Crippen LogP contribution in [0.25, 0.3) is 0 Å². The van der Waals surface area contributed by atoms with Crippen LogP contribution in [0.4, 0.5) is 17.1 Å². The van der Waals surface area contributed by atoms with Gasteiger partial charge in [-0.25, -0.2) is 4.79 Å². The fraction of sp³-hybridized carbons (Fsp3) is 0.278. The fourth-order valence-corrected chi connectivity index (χ4v) is 3.05. The average Bonchev–Trinajstić information content (AvgIpc) is 3.10. The maximum atomic E-state index is 11.8. The lowest BCUT2D eigenvalue weighted by molar-refractivity contribution is -0.385. The number of rotatable bonds is 5. The van der Waals surface area contributed by atoms with E-state index in [4.69, 9.17) is 0 Å². The van der Waals surface area contributed by atoms with Crippen molar-refractivity contribution in [3.05, 3.63) is 64.2 Å². The molecule has 1 fully saturated rings. The van der Waals surface area contributed by atoms with E-state index in [2.05, 4.69) is 27.1 Å². The number of anilines is 2. The van der Waals surface area contributed by atoms with Gasteiger partial charge in [0.1, 0.15) is 5.56 Å². The van der Waals surface area contributed by atoms with Gasteiger partial charge in [-0.15, -0.1) is 0 Å². The molecule has 7 heteroatoms. The molecule has 1 saturated heterocycles. The summed E-state index contributed by atoms with van der Waals surface area (Å²) in [7, 11) is 1.21. The Balaban J connectivity index is 1.73. The van der Waals surface area contributed by atoms with Crippen molar-refractivity contribution >= 4 is 23.0 Å². The number of nitrogens with zero attached hydrogens (tertiary/aromatic N) is 2. The molecule has 1 aliphatic heterocycles. The average molecular weight is 341 g/mol. The van der Waals surface area contributed by atoms with Crippen molar-refractivity contribution in [2.24, 2.45) is 0 Å². The van der Waals surface area contributed by atoms with E-state index < -0.39 is 10.9 Å². The predicted octanol–water partition coefficient (Wildman–Crippen LogP) is 3.07. The molecule has 0 aliphatic carbocycles. The quantitative estimate of drug-likeness (QED) is 0.511. The molecule has 7 nitrogen and oxygen atoms in total. The van der Waals surface area contributed by atoms with Crippen molar-refractivity contribution in [1.29, 1.82) is 0 Å². The Morgan fingerprint density at radius 1 is 1.28 bits per heavy atom. The lowest BCUT2D eigenvalue weighted by Gasteiger charge is -2.19. The van der Waals surface area contributed by atoms with Crippen molar-refractivity contribution in [2.75, 3.05) is 30.4 Å². The third-order valence-electron chi connectivity index (χ3n) is 4.28. The van der Waals surface area contributed by atoms with Crippen LogP contribution in [0.2, 0.25) is 0 Å². The van der Waals surface area contributed by atoms with Gasteiger partial charge in [0.2, 0.25) is 0 Å². The zero-order chi connectivity index (χ0) is 17.8. The number of methoxy groups -OCH3 is 1. The third kappa shape index (κ3) is 3.71. The van der Waals surface area contributed by atoms with Gasteiger partial charge >= 0.3 is 5.97 Å². The van der Waals surface area contributed by atoms with E-state index >= 15 is 0 Å². The van der Waals surface area contributed by atoms with Crippen molar-refractivity contribution < 1.29 is 14.5 Å². The van der Waals surface area contributed by atoms with Crippen LogP contribution in [0.3, 0.4) is 0 Å². The molecule has 3 rings (SSSR count). The highest BCUT2D eigenvalue weighted by atomic mass is 16.6. The number of benzene rings is 2. The number of esters is 1. The molecule has 1 aliphatic rings. The molecular formula is C18H19N3O4. The molecule has 2 aromatic carbocycles. The highest BCUT2D eigenvalue weighted by Gasteiger charge is 2.25. The van der Waals surface area contributed by atoms with Crippen LogP contribution in [0.1, 0.15) is 16.8 Å². The van der Waals surface area contributed by atoms with E-state index in [-0.39, 0.29) is 17.3 Å². The number of carbonyl (C=O) groups excluding carboxylic acids is 1. The second kappa shape index (κ2) is 7.21. The number of para-hydroxylation sites is 1. The van der Waals surface area contributed by atoms with Crippen LogP contribution in [0, 0.1) is 10.1 Å². The van der Waals surface area contributed by atoms with Crippen LogP contribution in [0.15, 0.2) is 48.5 Å². The molecule has 130 valence electrons. The number of hydrogen-bond donors (Lipinski definition) is 1. The molecule has 1 unspecified atom stereocenters. The molecular weight excluding hydrogens is 322 g/mol. The van der Waals surface area contributed by atoms with Crippen molar-refractivity contribution in [3.8, 4) is 0 Å². The van der Waals surface area contributed by atoms with Crippen LogP contribution in [-0.2, 0) is 4.74 Å². The molecule has 0 spiro atoms. The molecule has 1 atom stereocenters. The van der Waals surface area contributed by atoms with Gasteiger partial charge < -0.3 is 15.0 Å². The summed E-state index contributed by atoms with van der Waals surface area (Å²) >= 11 is 0. The lowest BCUT2D eigenvalue weighted by atomic mass is 10.1. The van der Waals surface area contributed by atoms with E-state index in [9.17, 15) is 14.9 Å². The Bertz CT molecular complexity index is 779. The van der Waals surface area contributed by atoms with Gasteiger partial charge in [-0.05, 0) is 30.7 Å². The first-order valence-electron chi connectivity index (χ1n) is 8.02. The van der Waals surface area contributed by atoms with Gasteiger partial charge in [0.15, 0.2) is 0 Å². The fourth-order valence-electron chi connectivity index (χ4n) is 3.05. The number of ether oxygens (including phenoxy) is 1. The molecule has 0 radical (unpaired) electrons. The zero-order valence-electron chi connectivity index (χ0n) is 13.8. The summed E-state index contributed by atoms with van der Waals surface area (Å²) in [5.74, 6) is -0.715. The van der Waals surface area contributed by atoms with Crippen LogP contribution in [-0.4, -0.2) is 37.1 Å². The monoisotopic (exact) mass is 341 g/mol. The van der Waals surface area contributed by atoms with Gasteiger partial charge in [0.25, 0.3) is 5.69 Å². The number of hydrogen-bond acceptors (Lipinski definition) is 6. The van der Waals surface area contributed by atoms with Crippen LogP contribution >= 0.6 is 0 Å². The summed E-state index contributed by atoms with van der Waals surface area (Å²) in [5, 5.41) is 14.4. The zero-order valence-corrected chi connectivity index (χ0v) is 13.8. The molecule has 25 heavy (non-hydrogen) atoms. The predicted molar refractivity (Wildman–Crippen MR) is 95.1 cm³/mol. The van der Waals surface area contributed by atoms with Crippen molar-refractivity contribution in [2.45, 2.75) is 12.5 Å². The number of nitro groups is 1. The van der Waals surface area contributed by atoms with E-state index in [1.807, 2.05) is 18.2 Å². The van der Waals surface area contributed by atoms with Gasteiger partial charge in [0, 0.05) is 36.6 Å². The summed E-state index contributed by atoms with van der Waals surface area (Å²) in [5.41, 5.74) is 1.54. The molecule has 0 bridgehead atoms. The smallest absolute Gasteiger partial charge is 0.344 e. The maximum absolute atomic E-state index is 11.8. The molecule has 2 aromatic rings. The highest BCUT2D eigenvalue weighted by Crippen LogP contribution is 2.26. The first-order chi connectivity index (χ1) is 12.1. The second-order valence-electron chi connectivity index (χ2n) is 5.89. The Morgan fingerprint density at radius 2 is 2.04 bits per heavy atom. The Labute approximate surface area is 145 Å². The summed E-state index contributed by atoms with van der Waals surface area (Å²) in [4.78, 5) is 24.6. The Kier molecular flexibility index (Phi) is 4.83. The molecule has 0 amide bonds. The highest BCUT2D eigenvalue weighted by molar-refractivity contribution is 5.95. The van der Waals surface area contributed by atoms with Crippen molar-refractivity contribution in [1.82, 2.24) is 0 Å². The summed E-state index contributed by atoms with van der Waals surface area (Å²) in [6.45, 7) is 1.76. The minimum Gasteiger partial charge on any atom is -0.465 e. The first-order valence-corrected chi connectivity index (χ1v) is 8.02. The largest absolute Gasteiger partial charge is 0.465 e. The minimum atomic E-state index is -0.715. The number of nitro benzene ring substituents is 1. The molecule has 0 saturated carbocycles. The van der Waals surface area contributed by atoms with Gasteiger partial charge in [-0.1, -0.05) is 18.2 Å².